The second kappa shape index (κ2) is 4.61. The van der Waals surface area contributed by atoms with Gasteiger partial charge in [-0.15, -0.1) is 0 Å². The Bertz CT molecular complexity index is 904. The number of fused-ring (bicyclic) bond motifs is 2. The zero-order valence-electron chi connectivity index (χ0n) is 12.0. The van der Waals surface area contributed by atoms with E-state index in [4.69, 9.17) is 11.6 Å². The van der Waals surface area contributed by atoms with E-state index in [0.29, 0.717) is 28.5 Å². The molecular weight excluding hydrogens is 300 g/mol. The van der Waals surface area contributed by atoms with Crippen molar-refractivity contribution >= 4 is 23.0 Å². The summed E-state index contributed by atoms with van der Waals surface area (Å²) in [5, 5.41) is 0.477. The Balaban J connectivity index is 1.93. The van der Waals surface area contributed by atoms with Crippen LogP contribution in [0.2, 0.25) is 5.15 Å². The highest BCUT2D eigenvalue weighted by Gasteiger charge is 2.43. The summed E-state index contributed by atoms with van der Waals surface area (Å²) in [5.41, 5.74) is 2.13. The molecule has 0 saturated carbocycles. The van der Waals surface area contributed by atoms with Crippen LogP contribution in [0.3, 0.4) is 0 Å². The number of pyridine rings is 1. The highest BCUT2D eigenvalue weighted by Crippen LogP contribution is 2.38. The van der Waals surface area contributed by atoms with Crippen LogP contribution in [0.5, 0.6) is 0 Å². The molecular formula is C16H13ClN4O. The molecule has 0 bridgehead atoms. The van der Waals surface area contributed by atoms with Crippen molar-refractivity contribution in [3.8, 4) is 0 Å². The first kappa shape index (κ1) is 13.4. The lowest BCUT2D eigenvalue weighted by atomic mass is 9.71. The fourth-order valence-corrected chi connectivity index (χ4v) is 3.31. The average molecular weight is 313 g/mol. The molecule has 4 rings (SSSR count). The number of Topliss-reactive ketones (excluding diaryl/α,β-unsaturated/α-hetero) is 1. The first-order valence-corrected chi connectivity index (χ1v) is 7.46. The smallest absolute Gasteiger partial charge is 0.176 e. The summed E-state index contributed by atoms with van der Waals surface area (Å²) in [5.74, 6) is 0.0431. The number of halogens is 1. The molecule has 1 aliphatic rings. The molecule has 0 radical (unpaired) electrons. The van der Waals surface area contributed by atoms with Gasteiger partial charge in [-0.1, -0.05) is 11.6 Å². The van der Waals surface area contributed by atoms with Crippen LogP contribution in [-0.4, -0.2) is 25.1 Å². The van der Waals surface area contributed by atoms with Crippen LogP contribution in [0.15, 0.2) is 36.9 Å². The molecule has 5 nitrogen and oxygen atoms in total. The van der Waals surface area contributed by atoms with Crippen molar-refractivity contribution < 1.29 is 4.79 Å². The van der Waals surface area contributed by atoms with Gasteiger partial charge in [0.25, 0.3) is 0 Å². The highest BCUT2D eigenvalue weighted by molar-refractivity contribution is 6.29. The fraction of sp³-hybridized carbons (Fsp3) is 0.250. The average Bonchev–Trinajstić information content (AvgIpc) is 3.02. The third-order valence-electron chi connectivity index (χ3n) is 4.40. The number of imidazole rings is 1. The van der Waals surface area contributed by atoms with E-state index in [-0.39, 0.29) is 5.78 Å². The van der Waals surface area contributed by atoms with Crippen molar-refractivity contribution in [3.63, 3.8) is 0 Å². The molecule has 1 aliphatic carbocycles. The van der Waals surface area contributed by atoms with Gasteiger partial charge < -0.3 is 0 Å². The molecule has 1 atom stereocenters. The van der Waals surface area contributed by atoms with Crippen LogP contribution < -0.4 is 0 Å². The van der Waals surface area contributed by atoms with E-state index >= 15 is 0 Å². The van der Waals surface area contributed by atoms with Crippen LogP contribution in [0.25, 0.3) is 5.65 Å². The quantitative estimate of drug-likeness (QED) is 0.693. The Labute approximate surface area is 132 Å². The van der Waals surface area contributed by atoms with Crippen molar-refractivity contribution in [1.29, 1.82) is 0 Å². The number of rotatable bonds is 1. The zero-order valence-corrected chi connectivity index (χ0v) is 12.7. The lowest BCUT2D eigenvalue weighted by Crippen LogP contribution is -2.39. The standard InChI is InChI=1S/C16H13ClN4O/c1-16(5-4-11-10(14(16)22)3-2-6-18-11)13-15-19-7-8-21(15)12(17)9-20-13/h2-3,6-9H,4-5H2,1H3. The Hall–Kier alpha value is -2.27. The zero-order chi connectivity index (χ0) is 15.3. The number of nitrogens with zero attached hydrogens (tertiary/aromatic N) is 4. The minimum absolute atomic E-state index is 0.0431. The van der Waals surface area contributed by atoms with Gasteiger partial charge in [0, 0.05) is 24.2 Å². The molecule has 0 spiro atoms. The maximum absolute atomic E-state index is 13.0. The molecule has 0 saturated heterocycles. The van der Waals surface area contributed by atoms with Crippen molar-refractivity contribution in [3.05, 3.63) is 59.0 Å². The number of ketones is 1. The van der Waals surface area contributed by atoms with Crippen molar-refractivity contribution in [2.45, 2.75) is 25.2 Å². The summed E-state index contributed by atoms with van der Waals surface area (Å²) < 4.78 is 1.75. The van der Waals surface area contributed by atoms with Gasteiger partial charge in [-0.3, -0.25) is 19.2 Å². The van der Waals surface area contributed by atoms with Gasteiger partial charge in [0.05, 0.1) is 23.0 Å². The largest absolute Gasteiger partial charge is 0.293 e. The summed E-state index contributed by atoms with van der Waals surface area (Å²) in [6.07, 6.45) is 8.14. The van der Waals surface area contributed by atoms with Gasteiger partial charge in [-0.05, 0) is 31.9 Å². The Morgan fingerprint density at radius 3 is 3.00 bits per heavy atom. The maximum Gasteiger partial charge on any atom is 0.176 e. The van der Waals surface area contributed by atoms with Crippen LogP contribution in [0.4, 0.5) is 0 Å². The molecule has 3 aromatic rings. The van der Waals surface area contributed by atoms with E-state index in [1.165, 1.54) is 0 Å². The van der Waals surface area contributed by atoms with Crippen molar-refractivity contribution in [2.24, 2.45) is 0 Å². The molecule has 3 heterocycles. The van der Waals surface area contributed by atoms with E-state index in [1.54, 1.807) is 35.3 Å². The first-order chi connectivity index (χ1) is 10.6. The second-order valence-electron chi connectivity index (χ2n) is 5.71. The van der Waals surface area contributed by atoms with Gasteiger partial charge in [0.2, 0.25) is 0 Å². The minimum Gasteiger partial charge on any atom is -0.293 e. The van der Waals surface area contributed by atoms with E-state index in [1.807, 2.05) is 13.0 Å². The summed E-state index contributed by atoms with van der Waals surface area (Å²) in [7, 11) is 0. The molecule has 6 heteroatoms. The number of hydrogen-bond donors (Lipinski definition) is 0. The van der Waals surface area contributed by atoms with Crippen LogP contribution in [0, 0.1) is 0 Å². The predicted molar refractivity (Wildman–Crippen MR) is 82.2 cm³/mol. The minimum atomic E-state index is -0.715. The Morgan fingerprint density at radius 2 is 2.14 bits per heavy atom. The summed E-state index contributed by atoms with van der Waals surface area (Å²) >= 11 is 6.14. The van der Waals surface area contributed by atoms with Crippen LogP contribution >= 0.6 is 11.6 Å². The third kappa shape index (κ3) is 1.72. The lowest BCUT2D eigenvalue weighted by Gasteiger charge is -2.32. The van der Waals surface area contributed by atoms with Gasteiger partial charge >= 0.3 is 0 Å². The van der Waals surface area contributed by atoms with Crippen molar-refractivity contribution in [2.75, 3.05) is 0 Å². The topological polar surface area (TPSA) is 60.1 Å². The van der Waals surface area contributed by atoms with Crippen LogP contribution in [0.1, 0.15) is 35.1 Å². The number of hydrogen-bond acceptors (Lipinski definition) is 4. The molecule has 0 N–H and O–H groups in total. The molecule has 0 aromatic carbocycles. The number of aryl methyl sites for hydroxylation is 1. The van der Waals surface area contributed by atoms with Gasteiger partial charge in [-0.2, -0.15) is 0 Å². The normalized spacial score (nSPS) is 21.1. The van der Waals surface area contributed by atoms with E-state index < -0.39 is 5.41 Å². The Kier molecular flexibility index (Phi) is 2.81. The van der Waals surface area contributed by atoms with E-state index in [0.717, 1.165) is 12.1 Å². The summed E-state index contributed by atoms with van der Waals surface area (Å²) in [6, 6.07) is 3.63. The fourth-order valence-electron chi connectivity index (χ4n) is 3.13. The van der Waals surface area contributed by atoms with Crippen molar-refractivity contribution in [1.82, 2.24) is 19.4 Å². The highest BCUT2D eigenvalue weighted by atomic mass is 35.5. The Morgan fingerprint density at radius 1 is 1.27 bits per heavy atom. The lowest BCUT2D eigenvalue weighted by molar-refractivity contribution is 0.0871. The predicted octanol–water partition coefficient (Wildman–Crippen LogP) is 2.86. The molecule has 3 aromatic heterocycles. The first-order valence-electron chi connectivity index (χ1n) is 7.08. The summed E-state index contributed by atoms with van der Waals surface area (Å²) in [6.45, 7) is 1.93. The maximum atomic E-state index is 13.0. The molecule has 1 unspecified atom stereocenters. The number of aromatic nitrogens is 4. The van der Waals surface area contributed by atoms with Gasteiger partial charge in [0.15, 0.2) is 11.4 Å². The van der Waals surface area contributed by atoms with Crippen LogP contribution in [-0.2, 0) is 11.8 Å². The van der Waals surface area contributed by atoms with E-state index in [2.05, 4.69) is 15.0 Å². The molecule has 0 aliphatic heterocycles. The third-order valence-corrected chi connectivity index (χ3v) is 4.68. The molecule has 110 valence electrons. The SMILES string of the molecule is CC1(c2ncc(Cl)n3ccnc23)CCc2ncccc2C1=O. The number of carbonyl (C=O) groups is 1. The van der Waals surface area contributed by atoms with Gasteiger partial charge in [-0.25, -0.2) is 4.98 Å². The van der Waals surface area contributed by atoms with Gasteiger partial charge in [0.1, 0.15) is 5.15 Å². The monoisotopic (exact) mass is 312 g/mol. The number of carbonyl (C=O) groups excluding carboxylic acids is 1. The van der Waals surface area contributed by atoms with E-state index in [9.17, 15) is 4.79 Å². The second-order valence-corrected chi connectivity index (χ2v) is 6.10. The summed E-state index contributed by atoms with van der Waals surface area (Å²) in [4.78, 5) is 26.1. The molecule has 0 fully saturated rings. The molecule has 0 amide bonds. The molecule has 22 heavy (non-hydrogen) atoms.